The summed E-state index contributed by atoms with van der Waals surface area (Å²) in [5.74, 6) is 0.714. The fourth-order valence-corrected chi connectivity index (χ4v) is 2.40. The minimum Gasteiger partial charge on any atom is -0.481 e. The monoisotopic (exact) mass is 340 g/mol. The average molecular weight is 340 g/mol. The molecule has 2 N–H and O–H groups in total. The third kappa shape index (κ3) is 3.91. The topological polar surface area (TPSA) is 76.7 Å². The molecule has 6 nitrogen and oxygen atoms in total. The number of nitrogens with one attached hydrogen (secondary N) is 2. The van der Waals surface area contributed by atoms with Crippen molar-refractivity contribution in [2.24, 2.45) is 0 Å². The molecule has 2 aromatic carbocycles. The zero-order valence-electron chi connectivity index (χ0n) is 14.3. The van der Waals surface area contributed by atoms with E-state index in [4.69, 9.17) is 9.47 Å². The number of benzene rings is 2. The second kappa shape index (κ2) is 6.84. The Bertz CT molecular complexity index is 802. The second-order valence-electron chi connectivity index (χ2n) is 6.02. The van der Waals surface area contributed by atoms with E-state index in [9.17, 15) is 9.59 Å². The first kappa shape index (κ1) is 16.8. The van der Waals surface area contributed by atoms with E-state index in [1.165, 1.54) is 0 Å². The van der Waals surface area contributed by atoms with Crippen LogP contribution < -0.4 is 20.1 Å². The lowest BCUT2D eigenvalue weighted by Crippen LogP contribution is -2.34. The molecule has 0 fully saturated rings. The first-order chi connectivity index (χ1) is 11.9. The summed E-state index contributed by atoms with van der Waals surface area (Å²) >= 11 is 0. The standard InChI is InChI=1S/C19H20N2O4/c1-11-4-7-15(8-5-11)24-12(2)18(22)20-14-6-9-17-16(10-14)21-19(23)13(3)25-17/h4-10,12-13H,1-3H3,(H,20,22)(H,21,23)/t12-,13+/m0/s1. The van der Waals surface area contributed by atoms with Crippen LogP contribution in [0.15, 0.2) is 42.5 Å². The molecule has 6 heteroatoms. The molecule has 2 atom stereocenters. The molecular formula is C19H20N2O4. The summed E-state index contributed by atoms with van der Waals surface area (Å²) < 4.78 is 11.1. The van der Waals surface area contributed by atoms with Gasteiger partial charge >= 0.3 is 0 Å². The summed E-state index contributed by atoms with van der Waals surface area (Å²) in [4.78, 5) is 24.0. The molecule has 1 aliphatic rings. The van der Waals surface area contributed by atoms with Crippen LogP contribution >= 0.6 is 0 Å². The highest BCUT2D eigenvalue weighted by molar-refractivity contribution is 5.99. The molecule has 0 radical (unpaired) electrons. The van der Waals surface area contributed by atoms with Crippen LogP contribution in [0, 0.1) is 6.92 Å². The number of carbonyl (C=O) groups is 2. The lowest BCUT2D eigenvalue weighted by molar-refractivity contribution is -0.123. The van der Waals surface area contributed by atoms with Crippen LogP contribution in [0.3, 0.4) is 0 Å². The maximum Gasteiger partial charge on any atom is 0.265 e. The van der Waals surface area contributed by atoms with E-state index in [0.717, 1.165) is 5.56 Å². The van der Waals surface area contributed by atoms with Crippen molar-refractivity contribution < 1.29 is 19.1 Å². The van der Waals surface area contributed by atoms with Gasteiger partial charge in [0.25, 0.3) is 11.8 Å². The van der Waals surface area contributed by atoms with Crippen LogP contribution in [0.25, 0.3) is 0 Å². The zero-order chi connectivity index (χ0) is 18.0. The maximum absolute atomic E-state index is 12.3. The van der Waals surface area contributed by atoms with Gasteiger partial charge in [-0.25, -0.2) is 0 Å². The fraction of sp³-hybridized carbons (Fsp3) is 0.263. The van der Waals surface area contributed by atoms with Gasteiger partial charge in [0, 0.05) is 5.69 Å². The molecule has 0 aliphatic carbocycles. The first-order valence-corrected chi connectivity index (χ1v) is 8.08. The Morgan fingerprint density at radius 2 is 1.96 bits per heavy atom. The smallest absolute Gasteiger partial charge is 0.265 e. The van der Waals surface area contributed by atoms with E-state index in [2.05, 4.69) is 10.6 Å². The van der Waals surface area contributed by atoms with Crippen molar-refractivity contribution in [3.63, 3.8) is 0 Å². The molecule has 0 saturated carbocycles. The molecule has 0 bridgehead atoms. The minimum absolute atomic E-state index is 0.216. The molecular weight excluding hydrogens is 320 g/mol. The molecule has 0 aromatic heterocycles. The lowest BCUT2D eigenvalue weighted by Gasteiger charge is -2.24. The Hall–Kier alpha value is -3.02. The molecule has 1 aliphatic heterocycles. The van der Waals surface area contributed by atoms with Crippen molar-refractivity contribution in [1.29, 1.82) is 0 Å². The molecule has 0 spiro atoms. The molecule has 1 heterocycles. The van der Waals surface area contributed by atoms with Crippen LogP contribution in [0.2, 0.25) is 0 Å². The summed E-state index contributed by atoms with van der Waals surface area (Å²) in [5, 5.41) is 5.53. The van der Waals surface area contributed by atoms with Crippen LogP contribution in [0.1, 0.15) is 19.4 Å². The largest absolute Gasteiger partial charge is 0.481 e. The van der Waals surface area contributed by atoms with Crippen molar-refractivity contribution in [3.8, 4) is 11.5 Å². The number of carbonyl (C=O) groups excluding carboxylic acids is 2. The molecule has 130 valence electrons. The third-order valence-electron chi connectivity index (χ3n) is 3.88. The van der Waals surface area contributed by atoms with Gasteiger partial charge in [-0.05, 0) is 51.1 Å². The van der Waals surface area contributed by atoms with Crippen LogP contribution in [-0.2, 0) is 9.59 Å². The number of hydrogen-bond acceptors (Lipinski definition) is 4. The van der Waals surface area contributed by atoms with Gasteiger partial charge in [0.2, 0.25) is 0 Å². The Kier molecular flexibility index (Phi) is 4.61. The van der Waals surface area contributed by atoms with Gasteiger partial charge in [-0.3, -0.25) is 9.59 Å². The molecule has 3 rings (SSSR count). The SMILES string of the molecule is Cc1ccc(O[C@@H](C)C(=O)Nc2ccc3c(c2)NC(=O)[C@@H](C)O3)cc1. The van der Waals surface area contributed by atoms with Gasteiger partial charge in [0.15, 0.2) is 12.2 Å². The normalized spacial score (nSPS) is 16.9. The van der Waals surface area contributed by atoms with Crippen LogP contribution in [0.4, 0.5) is 11.4 Å². The Balaban J connectivity index is 1.65. The predicted molar refractivity (Wildman–Crippen MR) is 95.1 cm³/mol. The zero-order valence-corrected chi connectivity index (χ0v) is 14.3. The van der Waals surface area contributed by atoms with E-state index in [1.54, 1.807) is 32.0 Å². The lowest BCUT2D eigenvalue weighted by atomic mass is 10.2. The first-order valence-electron chi connectivity index (χ1n) is 8.08. The average Bonchev–Trinajstić information content (AvgIpc) is 2.58. The summed E-state index contributed by atoms with van der Waals surface area (Å²) in [7, 11) is 0. The molecule has 2 aromatic rings. The van der Waals surface area contributed by atoms with Crippen LogP contribution in [-0.4, -0.2) is 24.0 Å². The third-order valence-corrected chi connectivity index (χ3v) is 3.88. The number of amides is 2. The van der Waals surface area contributed by atoms with E-state index in [1.807, 2.05) is 31.2 Å². The van der Waals surface area contributed by atoms with Gasteiger partial charge in [-0.2, -0.15) is 0 Å². The number of aryl methyl sites for hydroxylation is 1. The summed E-state index contributed by atoms with van der Waals surface area (Å²) in [6.07, 6.45) is -1.19. The predicted octanol–water partition coefficient (Wildman–Crippen LogP) is 3.12. The van der Waals surface area contributed by atoms with E-state index >= 15 is 0 Å². The molecule has 0 unspecified atom stereocenters. The van der Waals surface area contributed by atoms with Crippen molar-refractivity contribution >= 4 is 23.2 Å². The number of ether oxygens (including phenoxy) is 2. The Labute approximate surface area is 146 Å². The van der Waals surface area contributed by atoms with E-state index < -0.39 is 12.2 Å². The Morgan fingerprint density at radius 3 is 2.68 bits per heavy atom. The summed E-state index contributed by atoms with van der Waals surface area (Å²) in [5.41, 5.74) is 2.21. The Morgan fingerprint density at radius 1 is 1.24 bits per heavy atom. The highest BCUT2D eigenvalue weighted by Crippen LogP contribution is 2.32. The van der Waals surface area contributed by atoms with Gasteiger partial charge in [0.05, 0.1) is 5.69 Å². The quantitative estimate of drug-likeness (QED) is 0.896. The molecule has 0 saturated heterocycles. The molecule has 2 amide bonds. The molecule has 25 heavy (non-hydrogen) atoms. The van der Waals surface area contributed by atoms with Crippen LogP contribution in [0.5, 0.6) is 11.5 Å². The highest BCUT2D eigenvalue weighted by atomic mass is 16.5. The van der Waals surface area contributed by atoms with Gasteiger partial charge in [-0.15, -0.1) is 0 Å². The summed E-state index contributed by atoms with van der Waals surface area (Å²) in [6.45, 7) is 5.34. The van der Waals surface area contributed by atoms with Crippen molar-refractivity contribution in [1.82, 2.24) is 0 Å². The second-order valence-corrected chi connectivity index (χ2v) is 6.02. The number of rotatable bonds is 4. The number of hydrogen-bond donors (Lipinski definition) is 2. The van der Waals surface area contributed by atoms with Crippen molar-refractivity contribution in [3.05, 3.63) is 48.0 Å². The van der Waals surface area contributed by atoms with Gasteiger partial charge in [0.1, 0.15) is 11.5 Å². The van der Waals surface area contributed by atoms with Gasteiger partial charge < -0.3 is 20.1 Å². The number of anilines is 2. The number of fused-ring (bicyclic) bond motifs is 1. The summed E-state index contributed by atoms with van der Waals surface area (Å²) in [6, 6.07) is 12.6. The minimum atomic E-state index is -0.662. The maximum atomic E-state index is 12.3. The van der Waals surface area contributed by atoms with E-state index in [0.29, 0.717) is 22.9 Å². The van der Waals surface area contributed by atoms with E-state index in [-0.39, 0.29) is 11.8 Å². The van der Waals surface area contributed by atoms with Gasteiger partial charge in [-0.1, -0.05) is 17.7 Å². The van der Waals surface area contributed by atoms with Crippen molar-refractivity contribution in [2.45, 2.75) is 33.0 Å². The fourth-order valence-electron chi connectivity index (χ4n) is 2.40. The highest BCUT2D eigenvalue weighted by Gasteiger charge is 2.24. The van der Waals surface area contributed by atoms with Crippen molar-refractivity contribution in [2.75, 3.05) is 10.6 Å².